The van der Waals surface area contributed by atoms with E-state index in [1.54, 1.807) is 11.4 Å². The van der Waals surface area contributed by atoms with E-state index in [9.17, 15) is 14.7 Å². The van der Waals surface area contributed by atoms with Gasteiger partial charge in [0.1, 0.15) is 16.7 Å². The van der Waals surface area contributed by atoms with Crippen LogP contribution in [0.5, 0.6) is 5.75 Å². The van der Waals surface area contributed by atoms with Crippen LogP contribution >= 0.6 is 11.3 Å². The van der Waals surface area contributed by atoms with Crippen molar-refractivity contribution < 1.29 is 19.4 Å². The highest BCUT2D eigenvalue weighted by Gasteiger charge is 2.36. The maximum absolute atomic E-state index is 12.8. The van der Waals surface area contributed by atoms with Crippen molar-refractivity contribution in [3.63, 3.8) is 0 Å². The number of carbonyl (C=O) groups is 2. The number of carboxylic acids is 1. The number of fused-ring (bicyclic) bond motifs is 1. The van der Waals surface area contributed by atoms with Crippen LogP contribution in [0.3, 0.4) is 0 Å². The monoisotopic (exact) mass is 317 g/mol. The smallest absolute Gasteiger partial charge is 0.326 e. The Morgan fingerprint density at radius 1 is 1.27 bits per heavy atom. The molecule has 1 aromatic carbocycles. The first-order chi connectivity index (χ1) is 10.6. The molecule has 2 heterocycles. The summed E-state index contributed by atoms with van der Waals surface area (Å²) in [6, 6.07) is 8.49. The third-order valence-electron chi connectivity index (χ3n) is 3.84. The molecule has 1 atom stereocenters. The Kier molecular flexibility index (Phi) is 3.85. The van der Waals surface area contributed by atoms with Gasteiger partial charge in [0.25, 0.3) is 5.91 Å². The molecule has 5 nitrogen and oxygen atoms in total. The van der Waals surface area contributed by atoms with Gasteiger partial charge in [0.05, 0.1) is 7.11 Å². The largest absolute Gasteiger partial charge is 0.495 e. The molecule has 1 aromatic heterocycles. The molecule has 1 N–H and O–H groups in total. The summed E-state index contributed by atoms with van der Waals surface area (Å²) in [5, 5.41) is 11.2. The average Bonchev–Trinajstić information content (AvgIpc) is 3.01. The van der Waals surface area contributed by atoms with E-state index in [0.29, 0.717) is 23.6 Å². The summed E-state index contributed by atoms with van der Waals surface area (Å²) >= 11 is 1.26. The summed E-state index contributed by atoms with van der Waals surface area (Å²) in [6.45, 7) is 0.299. The van der Waals surface area contributed by atoms with Crippen LogP contribution in [0.4, 0.5) is 0 Å². The maximum Gasteiger partial charge on any atom is 0.326 e. The molecule has 6 heteroatoms. The molecular weight excluding hydrogens is 302 g/mol. The molecule has 1 aliphatic heterocycles. The lowest BCUT2D eigenvalue weighted by Gasteiger charge is -2.34. The van der Waals surface area contributed by atoms with Crippen molar-refractivity contribution in [2.45, 2.75) is 19.0 Å². The van der Waals surface area contributed by atoms with E-state index in [2.05, 4.69) is 0 Å². The van der Waals surface area contributed by atoms with E-state index >= 15 is 0 Å². The van der Waals surface area contributed by atoms with E-state index < -0.39 is 12.0 Å². The van der Waals surface area contributed by atoms with Crippen LogP contribution in [0.1, 0.15) is 20.8 Å². The highest BCUT2D eigenvalue weighted by Crippen LogP contribution is 2.30. The van der Waals surface area contributed by atoms with Gasteiger partial charge in [-0.3, -0.25) is 4.79 Å². The van der Waals surface area contributed by atoms with Crippen LogP contribution in [-0.4, -0.2) is 35.0 Å². The van der Waals surface area contributed by atoms with Crippen LogP contribution < -0.4 is 4.74 Å². The molecule has 0 aliphatic carbocycles. The average molecular weight is 317 g/mol. The predicted molar refractivity (Wildman–Crippen MR) is 82.3 cm³/mol. The molecule has 2 aromatic rings. The summed E-state index contributed by atoms with van der Waals surface area (Å²) in [7, 11) is 1.50. The number of thiophene rings is 1. The summed E-state index contributed by atoms with van der Waals surface area (Å²) in [6.07, 6.45) is 0.324. The van der Waals surface area contributed by atoms with Gasteiger partial charge in [-0.25, -0.2) is 4.79 Å². The number of aliphatic carboxylic acids is 1. The molecule has 0 spiro atoms. The SMILES string of the molecule is COc1ccsc1C(=O)N1Cc2ccccc2C[C@@H]1C(=O)O. The van der Waals surface area contributed by atoms with Gasteiger partial charge in [0.2, 0.25) is 0 Å². The third-order valence-corrected chi connectivity index (χ3v) is 4.72. The Hall–Kier alpha value is -2.34. The number of carbonyl (C=O) groups excluding carboxylic acids is 1. The second-order valence-corrected chi connectivity index (χ2v) is 5.99. The summed E-state index contributed by atoms with van der Waals surface area (Å²) in [5.74, 6) is -0.801. The van der Waals surface area contributed by atoms with Crippen molar-refractivity contribution in [2.24, 2.45) is 0 Å². The van der Waals surface area contributed by atoms with Gasteiger partial charge in [-0.2, -0.15) is 0 Å². The molecule has 0 unspecified atom stereocenters. The minimum atomic E-state index is -0.988. The number of rotatable bonds is 3. The zero-order valence-corrected chi connectivity index (χ0v) is 12.8. The lowest BCUT2D eigenvalue weighted by molar-refractivity contribution is -0.142. The van der Waals surface area contributed by atoms with Crippen molar-refractivity contribution in [1.29, 1.82) is 0 Å². The van der Waals surface area contributed by atoms with Gasteiger partial charge in [0, 0.05) is 13.0 Å². The van der Waals surface area contributed by atoms with Crippen LogP contribution in [0.25, 0.3) is 0 Å². The maximum atomic E-state index is 12.8. The predicted octanol–water partition coefficient (Wildman–Crippen LogP) is 2.41. The van der Waals surface area contributed by atoms with Crippen LogP contribution in [0, 0.1) is 0 Å². The number of nitrogens with zero attached hydrogens (tertiary/aromatic N) is 1. The lowest BCUT2D eigenvalue weighted by Crippen LogP contribution is -2.48. The van der Waals surface area contributed by atoms with Crippen molar-refractivity contribution in [2.75, 3.05) is 7.11 Å². The molecule has 0 saturated heterocycles. The lowest BCUT2D eigenvalue weighted by atomic mass is 9.94. The topological polar surface area (TPSA) is 66.8 Å². The van der Waals surface area contributed by atoms with E-state index in [1.165, 1.54) is 23.3 Å². The van der Waals surface area contributed by atoms with Crippen LogP contribution in [-0.2, 0) is 17.8 Å². The van der Waals surface area contributed by atoms with Gasteiger partial charge in [-0.1, -0.05) is 24.3 Å². The molecule has 114 valence electrons. The van der Waals surface area contributed by atoms with Gasteiger partial charge < -0.3 is 14.7 Å². The van der Waals surface area contributed by atoms with Gasteiger partial charge in [-0.15, -0.1) is 11.3 Å². The van der Waals surface area contributed by atoms with Crippen molar-refractivity contribution in [3.8, 4) is 5.75 Å². The van der Waals surface area contributed by atoms with Crippen molar-refractivity contribution >= 4 is 23.2 Å². The molecular formula is C16H15NO4S. The molecule has 0 radical (unpaired) electrons. The summed E-state index contributed by atoms with van der Waals surface area (Å²) in [5.41, 5.74) is 1.97. The quantitative estimate of drug-likeness (QED) is 0.944. The number of amides is 1. The zero-order valence-electron chi connectivity index (χ0n) is 12.0. The van der Waals surface area contributed by atoms with Gasteiger partial charge >= 0.3 is 5.97 Å². The first kappa shape index (κ1) is 14.6. The molecule has 0 bridgehead atoms. The van der Waals surface area contributed by atoms with Gasteiger partial charge in [0.15, 0.2) is 0 Å². The Bertz CT molecular complexity index is 724. The number of ether oxygens (including phenoxy) is 1. The molecule has 0 saturated carbocycles. The van der Waals surface area contributed by atoms with E-state index in [4.69, 9.17) is 4.74 Å². The normalized spacial score (nSPS) is 17.0. The summed E-state index contributed by atoms with van der Waals surface area (Å²) in [4.78, 5) is 26.2. The number of methoxy groups -OCH3 is 1. The van der Waals surface area contributed by atoms with Crippen molar-refractivity contribution in [1.82, 2.24) is 4.90 Å². The van der Waals surface area contributed by atoms with Crippen LogP contribution in [0.2, 0.25) is 0 Å². The Morgan fingerprint density at radius 3 is 2.68 bits per heavy atom. The third kappa shape index (κ3) is 2.46. The molecule has 3 rings (SSSR count). The fraction of sp³-hybridized carbons (Fsp3) is 0.250. The second-order valence-electron chi connectivity index (χ2n) is 5.08. The van der Waals surface area contributed by atoms with Gasteiger partial charge in [-0.05, 0) is 22.6 Å². The molecule has 1 aliphatic rings. The molecule has 0 fully saturated rings. The molecule has 1 amide bonds. The summed E-state index contributed by atoms with van der Waals surface area (Å²) < 4.78 is 5.18. The first-order valence-corrected chi connectivity index (χ1v) is 7.72. The fourth-order valence-electron chi connectivity index (χ4n) is 2.70. The molecule has 22 heavy (non-hydrogen) atoms. The standard InChI is InChI=1S/C16H15NO4S/c1-21-13-6-7-22-14(13)15(18)17-9-11-5-3-2-4-10(11)8-12(17)16(19)20/h2-7,12H,8-9H2,1H3,(H,19,20)/t12-/m1/s1. The van der Waals surface area contributed by atoms with E-state index in [1.807, 2.05) is 24.3 Å². The minimum absolute atomic E-state index is 0.297. The number of benzene rings is 1. The second kappa shape index (κ2) is 5.81. The first-order valence-electron chi connectivity index (χ1n) is 6.84. The fourth-order valence-corrected chi connectivity index (χ4v) is 3.51. The number of carboxylic acid groups (broad SMARTS) is 1. The van der Waals surface area contributed by atoms with E-state index in [-0.39, 0.29) is 5.91 Å². The number of hydrogen-bond acceptors (Lipinski definition) is 4. The van der Waals surface area contributed by atoms with Crippen LogP contribution in [0.15, 0.2) is 35.7 Å². The Morgan fingerprint density at radius 2 is 2.00 bits per heavy atom. The van der Waals surface area contributed by atoms with Crippen molar-refractivity contribution in [3.05, 3.63) is 51.7 Å². The minimum Gasteiger partial charge on any atom is -0.495 e. The number of hydrogen-bond donors (Lipinski definition) is 1. The van der Waals surface area contributed by atoms with E-state index in [0.717, 1.165) is 11.1 Å². The Balaban J connectivity index is 1.97. The Labute approximate surface area is 131 Å². The highest BCUT2D eigenvalue weighted by molar-refractivity contribution is 7.12. The zero-order chi connectivity index (χ0) is 15.7. The highest BCUT2D eigenvalue weighted by atomic mass is 32.1.